The van der Waals surface area contributed by atoms with Gasteiger partial charge in [-0.05, 0) is 35.9 Å². The van der Waals surface area contributed by atoms with Crippen LogP contribution in [0.2, 0.25) is 5.02 Å². The lowest BCUT2D eigenvalue weighted by Crippen LogP contribution is -2.37. The summed E-state index contributed by atoms with van der Waals surface area (Å²) in [7, 11) is 1.53. The molecule has 0 aliphatic carbocycles. The molecule has 2 aromatic rings. The summed E-state index contributed by atoms with van der Waals surface area (Å²) in [4.78, 5) is 35.1. The lowest BCUT2D eigenvalue weighted by Gasteiger charge is -2.08. The predicted molar refractivity (Wildman–Crippen MR) is 96.3 cm³/mol. The van der Waals surface area contributed by atoms with Gasteiger partial charge < -0.3 is 14.8 Å². The van der Waals surface area contributed by atoms with E-state index in [1.165, 1.54) is 7.11 Å². The van der Waals surface area contributed by atoms with Crippen LogP contribution in [0.5, 0.6) is 5.75 Å². The van der Waals surface area contributed by atoms with Gasteiger partial charge in [0.05, 0.1) is 13.5 Å². The van der Waals surface area contributed by atoms with Crippen LogP contribution in [-0.4, -0.2) is 31.6 Å². The molecule has 8 heteroatoms. The molecule has 0 unspecified atom stereocenters. The molecule has 26 heavy (non-hydrogen) atoms. The van der Waals surface area contributed by atoms with E-state index < -0.39 is 24.5 Å². The summed E-state index contributed by atoms with van der Waals surface area (Å²) in [6.07, 6.45) is -0.0645. The number of methoxy groups -OCH3 is 1. The van der Waals surface area contributed by atoms with Gasteiger partial charge in [-0.2, -0.15) is 0 Å². The average Bonchev–Trinajstić information content (AvgIpc) is 2.62. The first-order chi connectivity index (χ1) is 12.5. The lowest BCUT2D eigenvalue weighted by atomic mass is 10.1. The molecule has 0 aliphatic rings. The number of anilines is 1. The van der Waals surface area contributed by atoms with Gasteiger partial charge in [0.25, 0.3) is 5.91 Å². The lowest BCUT2D eigenvalue weighted by molar-refractivity contribution is -0.147. The fourth-order valence-electron chi connectivity index (χ4n) is 1.99. The Labute approximate surface area is 155 Å². The van der Waals surface area contributed by atoms with E-state index >= 15 is 0 Å². The number of urea groups is 1. The number of hydrogen-bond acceptors (Lipinski definition) is 5. The standard InChI is InChI=1S/C18H17ClN2O5/c1-25-14-8-6-13(7-9-14)20-18(24)21-16(22)11-26-17(23)10-12-4-2-3-5-15(12)19/h2-9H,10-11H2,1H3,(H2,20,21,22,24). The Bertz CT molecular complexity index is 792. The Morgan fingerprint density at radius 1 is 1.04 bits per heavy atom. The number of carbonyl (C=O) groups excluding carboxylic acids is 3. The fourth-order valence-corrected chi connectivity index (χ4v) is 2.20. The normalized spacial score (nSPS) is 9.92. The molecule has 0 bridgehead atoms. The van der Waals surface area contributed by atoms with Crippen molar-refractivity contribution in [2.45, 2.75) is 6.42 Å². The van der Waals surface area contributed by atoms with Crippen LogP contribution in [0.15, 0.2) is 48.5 Å². The molecule has 2 aromatic carbocycles. The van der Waals surface area contributed by atoms with Crippen molar-refractivity contribution in [2.24, 2.45) is 0 Å². The predicted octanol–water partition coefficient (Wildman–Crippen LogP) is 2.78. The van der Waals surface area contributed by atoms with Crippen molar-refractivity contribution in [3.8, 4) is 5.75 Å². The van der Waals surface area contributed by atoms with E-state index in [1.807, 2.05) is 0 Å². The molecule has 0 atom stereocenters. The van der Waals surface area contributed by atoms with Gasteiger partial charge in [0.2, 0.25) is 0 Å². The highest BCUT2D eigenvalue weighted by molar-refractivity contribution is 6.31. The number of esters is 1. The summed E-state index contributed by atoms with van der Waals surface area (Å²) in [6.45, 7) is -0.570. The maximum atomic E-state index is 11.7. The third kappa shape index (κ3) is 6.10. The summed E-state index contributed by atoms with van der Waals surface area (Å²) in [5, 5.41) is 4.98. The molecule has 0 radical (unpaired) electrons. The molecule has 0 spiro atoms. The molecular weight excluding hydrogens is 360 g/mol. The molecular formula is C18H17ClN2O5. The van der Waals surface area contributed by atoms with E-state index in [1.54, 1.807) is 48.5 Å². The van der Waals surface area contributed by atoms with Gasteiger partial charge in [-0.3, -0.25) is 14.9 Å². The Morgan fingerprint density at radius 3 is 2.38 bits per heavy atom. The SMILES string of the molecule is COc1ccc(NC(=O)NC(=O)COC(=O)Cc2ccccc2Cl)cc1. The van der Waals surface area contributed by atoms with Gasteiger partial charge in [-0.25, -0.2) is 4.79 Å². The monoisotopic (exact) mass is 376 g/mol. The highest BCUT2D eigenvalue weighted by Gasteiger charge is 2.12. The second-order valence-corrected chi connectivity index (χ2v) is 5.57. The average molecular weight is 377 g/mol. The first kappa shape index (κ1) is 19.3. The van der Waals surface area contributed by atoms with E-state index in [0.717, 1.165) is 0 Å². The van der Waals surface area contributed by atoms with Crippen LogP contribution in [0.25, 0.3) is 0 Å². The van der Waals surface area contributed by atoms with E-state index in [0.29, 0.717) is 22.0 Å². The first-order valence-electron chi connectivity index (χ1n) is 7.62. The summed E-state index contributed by atoms with van der Waals surface area (Å²) >= 11 is 5.95. The molecule has 0 saturated heterocycles. The number of amides is 3. The number of imide groups is 1. The number of nitrogens with one attached hydrogen (secondary N) is 2. The number of halogens is 1. The van der Waals surface area contributed by atoms with Crippen LogP contribution >= 0.6 is 11.6 Å². The molecule has 136 valence electrons. The molecule has 2 rings (SSSR count). The number of hydrogen-bond donors (Lipinski definition) is 2. The van der Waals surface area contributed by atoms with Gasteiger partial charge in [0.1, 0.15) is 5.75 Å². The summed E-state index contributed by atoms with van der Waals surface area (Å²) in [6, 6.07) is 12.6. The van der Waals surface area contributed by atoms with Gasteiger partial charge >= 0.3 is 12.0 Å². The maximum absolute atomic E-state index is 11.7. The first-order valence-corrected chi connectivity index (χ1v) is 7.99. The van der Waals surface area contributed by atoms with E-state index in [2.05, 4.69) is 10.6 Å². The smallest absolute Gasteiger partial charge is 0.325 e. The number of benzene rings is 2. The molecule has 0 aliphatic heterocycles. The second-order valence-electron chi connectivity index (χ2n) is 5.16. The fraction of sp³-hybridized carbons (Fsp3) is 0.167. The third-order valence-corrected chi connectivity index (χ3v) is 3.63. The van der Waals surface area contributed by atoms with E-state index in [-0.39, 0.29) is 6.42 Å². The Kier molecular flexibility index (Phi) is 6.99. The Hall–Kier alpha value is -3.06. The van der Waals surface area contributed by atoms with Crippen LogP contribution in [0.1, 0.15) is 5.56 Å². The zero-order valence-electron chi connectivity index (χ0n) is 14.0. The zero-order valence-corrected chi connectivity index (χ0v) is 14.7. The minimum atomic E-state index is -0.747. The van der Waals surface area contributed by atoms with Crippen molar-refractivity contribution in [1.29, 1.82) is 0 Å². The van der Waals surface area contributed by atoms with Gasteiger partial charge in [0.15, 0.2) is 6.61 Å². The van der Waals surface area contributed by atoms with Crippen molar-refractivity contribution in [2.75, 3.05) is 19.0 Å². The molecule has 0 heterocycles. The van der Waals surface area contributed by atoms with Crippen LogP contribution in [0.3, 0.4) is 0 Å². The minimum Gasteiger partial charge on any atom is -0.497 e. The minimum absolute atomic E-state index is 0.0645. The van der Waals surface area contributed by atoms with Crippen molar-refractivity contribution in [3.05, 3.63) is 59.1 Å². The largest absolute Gasteiger partial charge is 0.497 e. The second kappa shape index (κ2) is 9.43. The van der Waals surface area contributed by atoms with Crippen LogP contribution in [0, 0.1) is 0 Å². The van der Waals surface area contributed by atoms with Crippen LogP contribution in [-0.2, 0) is 20.7 Å². The number of ether oxygens (including phenoxy) is 2. The summed E-state index contributed by atoms with van der Waals surface area (Å²) < 4.78 is 9.84. The highest BCUT2D eigenvalue weighted by Crippen LogP contribution is 2.16. The van der Waals surface area contributed by atoms with Gasteiger partial charge in [0, 0.05) is 10.7 Å². The Balaban J connectivity index is 1.74. The Morgan fingerprint density at radius 2 is 1.73 bits per heavy atom. The summed E-state index contributed by atoms with van der Waals surface area (Å²) in [5.74, 6) is -0.732. The summed E-state index contributed by atoms with van der Waals surface area (Å²) in [5.41, 5.74) is 1.07. The molecule has 2 N–H and O–H groups in total. The van der Waals surface area contributed by atoms with Gasteiger partial charge in [-0.15, -0.1) is 0 Å². The zero-order chi connectivity index (χ0) is 18.9. The third-order valence-electron chi connectivity index (χ3n) is 3.26. The van der Waals surface area contributed by atoms with Crippen molar-refractivity contribution in [3.63, 3.8) is 0 Å². The molecule has 0 fully saturated rings. The molecule has 7 nitrogen and oxygen atoms in total. The maximum Gasteiger partial charge on any atom is 0.325 e. The molecule has 0 aromatic heterocycles. The number of rotatable bonds is 6. The van der Waals surface area contributed by atoms with E-state index in [9.17, 15) is 14.4 Å². The molecule has 0 saturated carbocycles. The van der Waals surface area contributed by atoms with Crippen LogP contribution in [0.4, 0.5) is 10.5 Å². The highest BCUT2D eigenvalue weighted by atomic mass is 35.5. The molecule has 3 amide bonds. The van der Waals surface area contributed by atoms with E-state index in [4.69, 9.17) is 21.1 Å². The van der Waals surface area contributed by atoms with Crippen molar-refractivity contribution < 1.29 is 23.9 Å². The topological polar surface area (TPSA) is 93.7 Å². The quantitative estimate of drug-likeness (QED) is 0.756. The van der Waals surface area contributed by atoms with Crippen molar-refractivity contribution in [1.82, 2.24) is 5.32 Å². The van der Waals surface area contributed by atoms with Crippen molar-refractivity contribution >= 4 is 35.2 Å². The van der Waals surface area contributed by atoms with Crippen LogP contribution < -0.4 is 15.4 Å². The number of carbonyl (C=O) groups is 3. The van der Waals surface area contributed by atoms with Gasteiger partial charge in [-0.1, -0.05) is 29.8 Å².